The van der Waals surface area contributed by atoms with Crippen LogP contribution in [-0.4, -0.2) is 24.2 Å². The molecule has 3 heteroatoms. The number of pyridine rings is 1. The minimum atomic E-state index is 0.459. The molecule has 1 atom stereocenters. The first-order valence-electron chi connectivity index (χ1n) is 8.67. The predicted molar refractivity (Wildman–Crippen MR) is 88.9 cm³/mol. The van der Waals surface area contributed by atoms with E-state index in [0.717, 1.165) is 44.7 Å². The van der Waals surface area contributed by atoms with Gasteiger partial charge in [0, 0.05) is 18.8 Å². The number of aromatic nitrogens is 1. The minimum absolute atomic E-state index is 0.459. The average Bonchev–Trinajstić information content (AvgIpc) is 2.53. The Morgan fingerprint density at radius 2 is 2.19 bits per heavy atom. The summed E-state index contributed by atoms with van der Waals surface area (Å²) in [6.45, 7) is 6.39. The molecule has 0 spiro atoms. The highest BCUT2D eigenvalue weighted by Crippen LogP contribution is 2.20. The summed E-state index contributed by atoms with van der Waals surface area (Å²) in [7, 11) is 0. The van der Waals surface area contributed by atoms with Crippen LogP contribution in [0.3, 0.4) is 0 Å². The molecule has 21 heavy (non-hydrogen) atoms. The van der Waals surface area contributed by atoms with E-state index < -0.39 is 0 Å². The zero-order valence-electron chi connectivity index (χ0n) is 13.7. The molecule has 0 bridgehead atoms. The fourth-order valence-electron chi connectivity index (χ4n) is 2.89. The predicted octanol–water partition coefficient (Wildman–Crippen LogP) is 4.36. The Labute approximate surface area is 129 Å². The van der Waals surface area contributed by atoms with Crippen molar-refractivity contribution in [3.05, 3.63) is 23.4 Å². The average molecular weight is 290 g/mol. The topological polar surface area (TPSA) is 34.1 Å². The van der Waals surface area contributed by atoms with E-state index in [-0.39, 0.29) is 0 Å². The molecule has 0 saturated heterocycles. The first kappa shape index (κ1) is 16.3. The minimum Gasteiger partial charge on any atom is -0.378 e. The van der Waals surface area contributed by atoms with E-state index in [1.807, 2.05) is 0 Å². The molecule has 0 saturated carbocycles. The molecule has 0 aromatic carbocycles. The molecule has 2 heterocycles. The molecular formula is C18H30N2O. The van der Waals surface area contributed by atoms with E-state index in [1.165, 1.54) is 36.9 Å². The molecule has 1 aromatic rings. The fourth-order valence-corrected chi connectivity index (χ4v) is 2.89. The Kier molecular flexibility index (Phi) is 7.01. The van der Waals surface area contributed by atoms with E-state index in [4.69, 9.17) is 9.72 Å². The molecule has 1 aromatic heterocycles. The van der Waals surface area contributed by atoms with Gasteiger partial charge in [0.15, 0.2) is 0 Å². The molecule has 1 aliphatic heterocycles. The van der Waals surface area contributed by atoms with Crippen molar-refractivity contribution in [1.29, 1.82) is 0 Å². The lowest BCUT2D eigenvalue weighted by Crippen LogP contribution is -2.14. The van der Waals surface area contributed by atoms with Crippen molar-refractivity contribution in [1.82, 2.24) is 4.98 Å². The SMILES string of the molecule is CCCC(CC)OCCCCc1ccc2c(n1)NCCC2. The van der Waals surface area contributed by atoms with Gasteiger partial charge in [-0.2, -0.15) is 0 Å². The fraction of sp³-hybridized carbons (Fsp3) is 0.722. The highest BCUT2D eigenvalue weighted by Gasteiger charge is 2.10. The lowest BCUT2D eigenvalue weighted by molar-refractivity contribution is 0.0422. The van der Waals surface area contributed by atoms with Gasteiger partial charge in [0.1, 0.15) is 5.82 Å². The van der Waals surface area contributed by atoms with Gasteiger partial charge in [-0.25, -0.2) is 4.98 Å². The molecular weight excluding hydrogens is 260 g/mol. The van der Waals surface area contributed by atoms with Crippen molar-refractivity contribution in [3.8, 4) is 0 Å². The van der Waals surface area contributed by atoms with Gasteiger partial charge in [0.25, 0.3) is 0 Å². The van der Waals surface area contributed by atoms with E-state index >= 15 is 0 Å². The van der Waals surface area contributed by atoms with Crippen LogP contribution in [0.1, 0.15) is 63.6 Å². The lowest BCUT2D eigenvalue weighted by Gasteiger charge is -2.17. The highest BCUT2D eigenvalue weighted by molar-refractivity contribution is 5.46. The van der Waals surface area contributed by atoms with Gasteiger partial charge in [-0.05, 0) is 56.6 Å². The largest absolute Gasteiger partial charge is 0.378 e. The number of anilines is 1. The zero-order valence-corrected chi connectivity index (χ0v) is 13.7. The van der Waals surface area contributed by atoms with Gasteiger partial charge in [-0.3, -0.25) is 0 Å². The summed E-state index contributed by atoms with van der Waals surface area (Å²) < 4.78 is 5.93. The smallest absolute Gasteiger partial charge is 0.129 e. The Hall–Kier alpha value is -1.09. The first-order valence-corrected chi connectivity index (χ1v) is 8.67. The summed E-state index contributed by atoms with van der Waals surface area (Å²) in [6, 6.07) is 4.44. The molecule has 1 aliphatic rings. The number of fused-ring (bicyclic) bond motifs is 1. The molecule has 2 rings (SSSR count). The van der Waals surface area contributed by atoms with Gasteiger partial charge in [-0.1, -0.05) is 26.3 Å². The molecule has 1 N–H and O–H groups in total. The van der Waals surface area contributed by atoms with Crippen LogP contribution in [0.5, 0.6) is 0 Å². The number of unbranched alkanes of at least 4 members (excludes halogenated alkanes) is 1. The molecule has 118 valence electrons. The summed E-state index contributed by atoms with van der Waals surface area (Å²) in [4.78, 5) is 4.74. The van der Waals surface area contributed by atoms with Crippen LogP contribution in [0, 0.1) is 0 Å². The number of hydrogen-bond donors (Lipinski definition) is 1. The van der Waals surface area contributed by atoms with Gasteiger partial charge in [-0.15, -0.1) is 0 Å². The third kappa shape index (κ3) is 5.31. The number of aryl methyl sites for hydroxylation is 2. The Balaban J connectivity index is 1.67. The van der Waals surface area contributed by atoms with E-state index in [1.54, 1.807) is 0 Å². The molecule has 0 radical (unpaired) electrons. The third-order valence-corrected chi connectivity index (χ3v) is 4.20. The Morgan fingerprint density at radius 3 is 3.00 bits per heavy atom. The second kappa shape index (κ2) is 9.04. The molecule has 0 fully saturated rings. The second-order valence-corrected chi connectivity index (χ2v) is 5.99. The number of nitrogens with zero attached hydrogens (tertiary/aromatic N) is 1. The number of nitrogens with one attached hydrogen (secondary N) is 1. The van der Waals surface area contributed by atoms with E-state index in [0.29, 0.717) is 6.10 Å². The monoisotopic (exact) mass is 290 g/mol. The first-order chi connectivity index (χ1) is 10.3. The van der Waals surface area contributed by atoms with Gasteiger partial charge in [0.2, 0.25) is 0 Å². The van der Waals surface area contributed by atoms with Crippen LogP contribution in [0.2, 0.25) is 0 Å². The molecule has 0 amide bonds. The summed E-state index contributed by atoms with van der Waals surface area (Å²) in [5.74, 6) is 1.11. The van der Waals surface area contributed by atoms with Crippen molar-refractivity contribution >= 4 is 5.82 Å². The molecule has 3 nitrogen and oxygen atoms in total. The maximum absolute atomic E-state index is 5.93. The number of hydrogen-bond acceptors (Lipinski definition) is 3. The zero-order chi connectivity index (χ0) is 14.9. The molecule has 1 unspecified atom stereocenters. The number of rotatable bonds is 9. The van der Waals surface area contributed by atoms with Crippen molar-refractivity contribution in [2.45, 2.75) is 71.3 Å². The van der Waals surface area contributed by atoms with E-state index in [2.05, 4.69) is 31.3 Å². The van der Waals surface area contributed by atoms with Gasteiger partial charge >= 0.3 is 0 Å². The number of ether oxygens (including phenoxy) is 1. The van der Waals surface area contributed by atoms with Crippen LogP contribution in [0.15, 0.2) is 12.1 Å². The second-order valence-electron chi connectivity index (χ2n) is 5.99. The summed E-state index contributed by atoms with van der Waals surface area (Å²) in [5.41, 5.74) is 2.59. The summed E-state index contributed by atoms with van der Waals surface area (Å²) in [5, 5.41) is 3.41. The summed E-state index contributed by atoms with van der Waals surface area (Å²) in [6.07, 6.45) is 9.73. The van der Waals surface area contributed by atoms with Crippen LogP contribution in [0.25, 0.3) is 0 Å². The van der Waals surface area contributed by atoms with Crippen molar-refractivity contribution in [2.24, 2.45) is 0 Å². The van der Waals surface area contributed by atoms with Crippen molar-refractivity contribution in [2.75, 3.05) is 18.5 Å². The van der Waals surface area contributed by atoms with Gasteiger partial charge < -0.3 is 10.1 Å². The summed E-state index contributed by atoms with van der Waals surface area (Å²) >= 11 is 0. The Morgan fingerprint density at radius 1 is 1.29 bits per heavy atom. The highest BCUT2D eigenvalue weighted by atomic mass is 16.5. The van der Waals surface area contributed by atoms with Crippen LogP contribution < -0.4 is 5.32 Å². The maximum atomic E-state index is 5.93. The Bertz CT molecular complexity index is 420. The van der Waals surface area contributed by atoms with Crippen LogP contribution in [0.4, 0.5) is 5.82 Å². The normalized spacial score (nSPS) is 15.3. The lowest BCUT2D eigenvalue weighted by atomic mass is 10.1. The van der Waals surface area contributed by atoms with Crippen LogP contribution >= 0.6 is 0 Å². The standard InChI is InChI=1S/C18H30N2O/c1-3-8-17(4-2)21-14-6-5-10-16-12-11-15-9-7-13-19-18(15)20-16/h11-12,17H,3-10,13-14H2,1-2H3,(H,19,20). The van der Waals surface area contributed by atoms with Gasteiger partial charge in [0.05, 0.1) is 6.10 Å². The third-order valence-electron chi connectivity index (χ3n) is 4.20. The quantitative estimate of drug-likeness (QED) is 0.686. The van der Waals surface area contributed by atoms with Crippen LogP contribution in [-0.2, 0) is 17.6 Å². The van der Waals surface area contributed by atoms with Crippen molar-refractivity contribution in [3.63, 3.8) is 0 Å². The molecule has 0 aliphatic carbocycles. The van der Waals surface area contributed by atoms with Crippen molar-refractivity contribution < 1.29 is 4.74 Å². The van der Waals surface area contributed by atoms with E-state index in [9.17, 15) is 0 Å². The maximum Gasteiger partial charge on any atom is 0.129 e.